The average Bonchev–Trinajstić information content (AvgIpc) is 3.05. The Balaban J connectivity index is 2.09. The molecule has 104 valence electrons. The van der Waals surface area contributed by atoms with Crippen molar-refractivity contribution < 1.29 is 0 Å². The first kappa shape index (κ1) is 12.8. The van der Waals surface area contributed by atoms with Crippen LogP contribution in [0, 0.1) is 0 Å². The van der Waals surface area contributed by atoms with E-state index in [2.05, 4.69) is 24.9 Å². The molecule has 0 atom stereocenters. The van der Waals surface area contributed by atoms with Crippen molar-refractivity contribution in [3.63, 3.8) is 0 Å². The van der Waals surface area contributed by atoms with E-state index in [1.54, 1.807) is 23.0 Å². The summed E-state index contributed by atoms with van der Waals surface area (Å²) in [5.41, 5.74) is 2.59. The van der Waals surface area contributed by atoms with Gasteiger partial charge in [0.25, 0.3) is 0 Å². The van der Waals surface area contributed by atoms with Crippen LogP contribution >= 0.6 is 34.8 Å². The van der Waals surface area contributed by atoms with Gasteiger partial charge in [-0.05, 0) is 23.7 Å². The Bertz CT molecular complexity index is 989. The largest absolute Gasteiger partial charge is 0.329 e. The molecule has 9 heteroatoms. The molecule has 0 unspecified atom stereocenters. The maximum atomic E-state index is 6.08. The van der Waals surface area contributed by atoms with Crippen LogP contribution in [0.5, 0.6) is 0 Å². The number of halogens is 3. The number of imidazole rings is 2. The van der Waals surface area contributed by atoms with Gasteiger partial charge in [0.05, 0.1) is 27.4 Å². The van der Waals surface area contributed by atoms with Gasteiger partial charge in [-0.25, -0.2) is 9.97 Å². The van der Waals surface area contributed by atoms with Gasteiger partial charge in [-0.15, -0.1) is 0 Å². The van der Waals surface area contributed by atoms with Gasteiger partial charge in [0.2, 0.25) is 5.28 Å². The Morgan fingerprint density at radius 1 is 1.00 bits per heavy atom. The standard InChI is InChI=1S/C12H5Cl3N6/c13-5-1-7-8(2-6(5)14)21(4-18-7)11-9-10(17-3-16-9)19-12(15)20-11/h1-4H,(H,16,17,19,20). The van der Waals surface area contributed by atoms with Crippen LogP contribution < -0.4 is 0 Å². The quantitative estimate of drug-likeness (QED) is 0.537. The van der Waals surface area contributed by atoms with Gasteiger partial charge in [0, 0.05) is 0 Å². The highest BCUT2D eigenvalue weighted by atomic mass is 35.5. The fraction of sp³-hybridized carbons (Fsp3) is 0. The molecule has 4 rings (SSSR count). The van der Waals surface area contributed by atoms with E-state index < -0.39 is 0 Å². The van der Waals surface area contributed by atoms with Gasteiger partial charge < -0.3 is 4.98 Å². The van der Waals surface area contributed by atoms with Gasteiger partial charge in [-0.3, -0.25) is 4.57 Å². The molecule has 0 spiro atoms. The highest BCUT2D eigenvalue weighted by molar-refractivity contribution is 6.42. The summed E-state index contributed by atoms with van der Waals surface area (Å²) in [6.07, 6.45) is 3.15. The minimum Gasteiger partial charge on any atom is -0.329 e. The van der Waals surface area contributed by atoms with Crippen LogP contribution in [0.1, 0.15) is 0 Å². The van der Waals surface area contributed by atoms with Crippen LogP contribution in [0.2, 0.25) is 15.3 Å². The van der Waals surface area contributed by atoms with Crippen LogP contribution in [0.25, 0.3) is 28.0 Å². The highest BCUT2D eigenvalue weighted by Crippen LogP contribution is 2.29. The van der Waals surface area contributed by atoms with E-state index in [0.29, 0.717) is 32.5 Å². The molecule has 0 aliphatic rings. The molecule has 0 fully saturated rings. The lowest BCUT2D eigenvalue weighted by molar-refractivity contribution is 1.01. The Hall–Kier alpha value is -1.89. The average molecular weight is 340 g/mol. The number of aromatic amines is 1. The molecule has 6 nitrogen and oxygen atoms in total. The number of hydrogen-bond donors (Lipinski definition) is 1. The second kappa shape index (κ2) is 4.56. The number of H-pyrrole nitrogens is 1. The Morgan fingerprint density at radius 3 is 2.67 bits per heavy atom. The molecule has 0 aliphatic carbocycles. The van der Waals surface area contributed by atoms with E-state index in [1.807, 2.05) is 0 Å². The SMILES string of the molecule is Clc1nc(-n2cnc3cc(Cl)c(Cl)cc32)c2nc[nH]c2n1. The van der Waals surface area contributed by atoms with E-state index in [-0.39, 0.29) is 5.28 Å². The number of aromatic nitrogens is 6. The lowest BCUT2D eigenvalue weighted by atomic mass is 10.3. The summed E-state index contributed by atoms with van der Waals surface area (Å²) in [5.74, 6) is 0.520. The van der Waals surface area contributed by atoms with Crippen LogP contribution in [0.4, 0.5) is 0 Å². The van der Waals surface area contributed by atoms with Crippen molar-refractivity contribution in [2.45, 2.75) is 0 Å². The lowest BCUT2D eigenvalue weighted by Gasteiger charge is -2.05. The minimum absolute atomic E-state index is 0.115. The summed E-state index contributed by atoms with van der Waals surface area (Å²) >= 11 is 18.0. The van der Waals surface area contributed by atoms with Gasteiger partial charge in [-0.1, -0.05) is 23.2 Å². The molecule has 0 saturated heterocycles. The summed E-state index contributed by atoms with van der Waals surface area (Å²) in [5, 5.41) is 0.994. The molecule has 1 aromatic carbocycles. The van der Waals surface area contributed by atoms with E-state index >= 15 is 0 Å². The molecule has 1 N–H and O–H groups in total. The van der Waals surface area contributed by atoms with E-state index in [1.165, 1.54) is 6.33 Å². The first-order valence-corrected chi connectivity index (χ1v) is 6.96. The van der Waals surface area contributed by atoms with Crippen LogP contribution in [0.3, 0.4) is 0 Å². The molecule has 0 radical (unpaired) electrons. The summed E-state index contributed by atoms with van der Waals surface area (Å²) < 4.78 is 1.74. The smallest absolute Gasteiger partial charge is 0.226 e. The fourth-order valence-corrected chi connectivity index (χ4v) is 2.62. The predicted molar refractivity (Wildman–Crippen MR) is 81.3 cm³/mol. The third-order valence-corrected chi connectivity index (χ3v) is 3.94. The molecule has 0 bridgehead atoms. The summed E-state index contributed by atoms with van der Waals surface area (Å²) in [6, 6.07) is 3.42. The van der Waals surface area contributed by atoms with Crippen LogP contribution in [0.15, 0.2) is 24.8 Å². The summed E-state index contributed by atoms with van der Waals surface area (Å²) in [7, 11) is 0. The van der Waals surface area contributed by atoms with E-state index in [0.717, 1.165) is 5.52 Å². The van der Waals surface area contributed by atoms with Gasteiger partial charge in [-0.2, -0.15) is 9.97 Å². The summed E-state index contributed by atoms with van der Waals surface area (Å²) in [6.45, 7) is 0. The first-order valence-electron chi connectivity index (χ1n) is 5.82. The number of hydrogen-bond acceptors (Lipinski definition) is 4. The Labute approximate surface area is 132 Å². The Morgan fingerprint density at radius 2 is 1.81 bits per heavy atom. The van der Waals surface area contributed by atoms with Crippen molar-refractivity contribution in [2.75, 3.05) is 0 Å². The molecule has 3 heterocycles. The third kappa shape index (κ3) is 1.95. The van der Waals surface area contributed by atoms with Crippen molar-refractivity contribution in [2.24, 2.45) is 0 Å². The molecule has 4 aromatic rings. The molecule has 0 saturated carbocycles. The maximum Gasteiger partial charge on any atom is 0.226 e. The van der Waals surface area contributed by atoms with Crippen LogP contribution in [-0.2, 0) is 0 Å². The first-order chi connectivity index (χ1) is 10.1. The van der Waals surface area contributed by atoms with Crippen molar-refractivity contribution in [1.29, 1.82) is 0 Å². The topological polar surface area (TPSA) is 72.3 Å². The highest BCUT2D eigenvalue weighted by Gasteiger charge is 2.15. The predicted octanol–water partition coefficient (Wildman–Crippen LogP) is 3.65. The van der Waals surface area contributed by atoms with Gasteiger partial charge in [0.1, 0.15) is 6.33 Å². The van der Waals surface area contributed by atoms with E-state index in [9.17, 15) is 0 Å². The monoisotopic (exact) mass is 338 g/mol. The summed E-state index contributed by atoms with van der Waals surface area (Å²) in [4.78, 5) is 19.7. The van der Waals surface area contributed by atoms with Gasteiger partial charge in [0.15, 0.2) is 17.0 Å². The molecule has 0 aliphatic heterocycles. The van der Waals surface area contributed by atoms with Crippen molar-refractivity contribution >= 4 is 57.0 Å². The minimum atomic E-state index is 0.115. The normalized spacial score (nSPS) is 11.6. The number of nitrogens with zero attached hydrogens (tertiary/aromatic N) is 5. The fourth-order valence-electron chi connectivity index (χ4n) is 2.14. The van der Waals surface area contributed by atoms with E-state index in [4.69, 9.17) is 34.8 Å². The number of benzene rings is 1. The molecule has 3 aromatic heterocycles. The Kier molecular flexibility index (Phi) is 2.78. The van der Waals surface area contributed by atoms with Crippen molar-refractivity contribution in [1.82, 2.24) is 29.5 Å². The number of rotatable bonds is 1. The molecule has 21 heavy (non-hydrogen) atoms. The zero-order chi connectivity index (χ0) is 14.6. The van der Waals surface area contributed by atoms with Crippen LogP contribution in [-0.4, -0.2) is 29.5 Å². The number of nitrogens with one attached hydrogen (secondary N) is 1. The molecular weight excluding hydrogens is 335 g/mol. The van der Waals surface area contributed by atoms with Crippen molar-refractivity contribution in [3.05, 3.63) is 40.1 Å². The zero-order valence-corrected chi connectivity index (χ0v) is 12.4. The third-order valence-electron chi connectivity index (χ3n) is 3.05. The number of fused-ring (bicyclic) bond motifs is 2. The second-order valence-corrected chi connectivity index (χ2v) is 5.44. The molecular formula is C12H5Cl3N6. The van der Waals surface area contributed by atoms with Crippen molar-refractivity contribution in [3.8, 4) is 5.82 Å². The molecule has 0 amide bonds. The zero-order valence-electron chi connectivity index (χ0n) is 10.2. The second-order valence-electron chi connectivity index (χ2n) is 4.29. The maximum absolute atomic E-state index is 6.08. The van der Waals surface area contributed by atoms with Gasteiger partial charge >= 0.3 is 0 Å². The lowest BCUT2D eigenvalue weighted by Crippen LogP contribution is -1.99.